The van der Waals surface area contributed by atoms with Crippen LogP contribution in [0.25, 0.3) is 10.6 Å². The predicted molar refractivity (Wildman–Crippen MR) is 114 cm³/mol. The van der Waals surface area contributed by atoms with Gasteiger partial charge in [0.1, 0.15) is 22.4 Å². The van der Waals surface area contributed by atoms with Crippen molar-refractivity contribution < 1.29 is 21.9 Å². The van der Waals surface area contributed by atoms with E-state index in [0.29, 0.717) is 43.3 Å². The molecule has 0 aliphatic carbocycles. The van der Waals surface area contributed by atoms with Crippen LogP contribution in [-0.4, -0.2) is 42.6 Å². The highest BCUT2D eigenvalue weighted by atomic mass is 32.2. The zero-order chi connectivity index (χ0) is 22.0. The maximum Gasteiger partial charge on any atom is 0.243 e. The Labute approximate surface area is 183 Å². The van der Waals surface area contributed by atoms with Gasteiger partial charge in [0.05, 0.1) is 11.5 Å². The number of benzene rings is 2. The Balaban J connectivity index is 1.43. The van der Waals surface area contributed by atoms with Gasteiger partial charge in [-0.25, -0.2) is 17.2 Å². The van der Waals surface area contributed by atoms with E-state index in [2.05, 4.69) is 10.2 Å². The first-order valence-electron chi connectivity index (χ1n) is 9.90. The van der Waals surface area contributed by atoms with E-state index in [-0.39, 0.29) is 16.4 Å². The van der Waals surface area contributed by atoms with Crippen molar-refractivity contribution in [1.29, 1.82) is 0 Å². The molecule has 10 heteroatoms. The van der Waals surface area contributed by atoms with E-state index in [1.807, 2.05) is 6.92 Å². The zero-order valence-corrected chi connectivity index (χ0v) is 18.4. The van der Waals surface area contributed by atoms with Crippen LogP contribution in [0.4, 0.5) is 8.78 Å². The quantitative estimate of drug-likeness (QED) is 0.538. The topological polar surface area (TPSA) is 72.4 Å². The van der Waals surface area contributed by atoms with Crippen LogP contribution >= 0.6 is 11.3 Å². The lowest BCUT2D eigenvalue weighted by molar-refractivity contribution is 0.318. The van der Waals surface area contributed by atoms with Gasteiger partial charge in [0.15, 0.2) is 5.01 Å². The molecule has 0 saturated carbocycles. The first-order chi connectivity index (χ1) is 14.9. The minimum atomic E-state index is -3.59. The SMILES string of the molecule is CCOc1ccc(S(=O)(=O)N2CCC(c3nnc(-c4ccc(F)cc4F)s3)CC2)cc1. The first-order valence-corrected chi connectivity index (χ1v) is 12.2. The van der Waals surface area contributed by atoms with Crippen molar-refractivity contribution in [3.63, 3.8) is 0 Å². The summed E-state index contributed by atoms with van der Waals surface area (Å²) in [6.07, 6.45) is 1.19. The normalized spacial score (nSPS) is 15.8. The molecule has 4 rings (SSSR count). The van der Waals surface area contributed by atoms with Gasteiger partial charge in [-0.05, 0) is 56.2 Å². The number of halogens is 2. The molecule has 0 amide bonds. The molecule has 0 bridgehead atoms. The molecule has 6 nitrogen and oxygen atoms in total. The highest BCUT2D eigenvalue weighted by Gasteiger charge is 2.31. The fraction of sp³-hybridized carbons (Fsp3) is 0.333. The van der Waals surface area contributed by atoms with Gasteiger partial charge < -0.3 is 4.74 Å². The molecule has 0 spiro atoms. The van der Waals surface area contributed by atoms with Gasteiger partial charge in [-0.1, -0.05) is 11.3 Å². The van der Waals surface area contributed by atoms with Gasteiger partial charge in [-0.2, -0.15) is 4.31 Å². The first kappa shape index (κ1) is 21.8. The second-order valence-electron chi connectivity index (χ2n) is 7.15. The van der Waals surface area contributed by atoms with Crippen molar-refractivity contribution in [2.45, 2.75) is 30.6 Å². The number of nitrogens with zero attached hydrogens (tertiary/aromatic N) is 3. The van der Waals surface area contributed by atoms with Crippen LogP contribution in [-0.2, 0) is 10.0 Å². The molecule has 2 aromatic carbocycles. The smallest absolute Gasteiger partial charge is 0.243 e. The van der Waals surface area contributed by atoms with E-state index in [1.165, 1.54) is 27.8 Å². The average Bonchev–Trinajstić information content (AvgIpc) is 3.24. The van der Waals surface area contributed by atoms with E-state index < -0.39 is 21.7 Å². The fourth-order valence-electron chi connectivity index (χ4n) is 3.54. The number of sulfonamides is 1. The molecule has 1 aromatic heterocycles. The number of ether oxygens (including phenoxy) is 1. The zero-order valence-electron chi connectivity index (χ0n) is 16.8. The summed E-state index contributed by atoms with van der Waals surface area (Å²) in [6.45, 7) is 3.10. The second kappa shape index (κ2) is 8.97. The van der Waals surface area contributed by atoms with Gasteiger partial charge in [0.2, 0.25) is 10.0 Å². The lowest BCUT2D eigenvalue weighted by Gasteiger charge is -2.30. The lowest BCUT2D eigenvalue weighted by Crippen LogP contribution is -2.37. The van der Waals surface area contributed by atoms with Crippen molar-refractivity contribution in [3.8, 4) is 16.3 Å². The minimum Gasteiger partial charge on any atom is -0.494 e. The molecule has 3 aromatic rings. The Morgan fingerprint density at radius 2 is 1.81 bits per heavy atom. The highest BCUT2D eigenvalue weighted by molar-refractivity contribution is 7.89. The average molecular weight is 466 g/mol. The number of rotatable bonds is 6. The summed E-state index contributed by atoms with van der Waals surface area (Å²) in [7, 11) is -3.59. The number of piperidine rings is 1. The van der Waals surface area contributed by atoms with Gasteiger partial charge in [-0.3, -0.25) is 0 Å². The van der Waals surface area contributed by atoms with Crippen LogP contribution < -0.4 is 4.74 Å². The van der Waals surface area contributed by atoms with E-state index in [4.69, 9.17) is 4.74 Å². The van der Waals surface area contributed by atoms with Crippen LogP contribution in [0.5, 0.6) is 5.75 Å². The third-order valence-corrected chi connectivity index (χ3v) is 8.21. The van der Waals surface area contributed by atoms with E-state index in [1.54, 1.807) is 24.3 Å². The summed E-state index contributed by atoms with van der Waals surface area (Å²) in [6, 6.07) is 9.77. The summed E-state index contributed by atoms with van der Waals surface area (Å²) in [5.41, 5.74) is 0.209. The molecule has 1 fully saturated rings. The molecule has 2 heterocycles. The molecule has 0 N–H and O–H groups in total. The molecule has 1 saturated heterocycles. The monoisotopic (exact) mass is 465 g/mol. The third-order valence-electron chi connectivity index (χ3n) is 5.18. The summed E-state index contributed by atoms with van der Waals surface area (Å²) in [5, 5.41) is 9.35. The van der Waals surface area contributed by atoms with Crippen molar-refractivity contribution in [3.05, 3.63) is 59.1 Å². The highest BCUT2D eigenvalue weighted by Crippen LogP contribution is 2.35. The van der Waals surface area contributed by atoms with E-state index in [9.17, 15) is 17.2 Å². The van der Waals surface area contributed by atoms with Gasteiger partial charge in [-0.15, -0.1) is 10.2 Å². The Hall–Kier alpha value is -2.43. The largest absolute Gasteiger partial charge is 0.494 e. The summed E-state index contributed by atoms with van der Waals surface area (Å²) >= 11 is 1.26. The van der Waals surface area contributed by atoms with Crippen LogP contribution in [0.2, 0.25) is 0 Å². The number of aromatic nitrogens is 2. The van der Waals surface area contributed by atoms with Gasteiger partial charge in [0.25, 0.3) is 0 Å². The molecule has 164 valence electrons. The van der Waals surface area contributed by atoms with Crippen molar-refractivity contribution in [1.82, 2.24) is 14.5 Å². The molecule has 1 aliphatic rings. The standard InChI is InChI=1S/C21H21F2N3O3S2/c1-2-29-16-4-6-17(7-5-16)31(27,28)26-11-9-14(10-12-26)20-24-25-21(30-20)18-8-3-15(22)13-19(18)23/h3-8,13-14H,2,9-12H2,1H3. The summed E-state index contributed by atoms with van der Waals surface area (Å²) < 4.78 is 59.9. The maximum atomic E-state index is 14.0. The van der Waals surface area contributed by atoms with Crippen molar-refractivity contribution >= 4 is 21.4 Å². The van der Waals surface area contributed by atoms with E-state index >= 15 is 0 Å². The Kier molecular flexibility index (Phi) is 6.31. The van der Waals surface area contributed by atoms with Crippen LogP contribution in [0.3, 0.4) is 0 Å². The molecular weight excluding hydrogens is 444 g/mol. The molecular formula is C21H21F2N3O3S2. The second-order valence-corrected chi connectivity index (χ2v) is 10.1. The molecule has 1 aliphatic heterocycles. The Bertz CT molecular complexity index is 1160. The molecule has 0 unspecified atom stereocenters. The van der Waals surface area contributed by atoms with Crippen molar-refractivity contribution in [2.24, 2.45) is 0 Å². The molecule has 0 radical (unpaired) electrons. The van der Waals surface area contributed by atoms with E-state index in [0.717, 1.165) is 11.1 Å². The van der Waals surface area contributed by atoms with Crippen LogP contribution in [0.15, 0.2) is 47.4 Å². The predicted octanol–water partition coefficient (Wildman–Crippen LogP) is 4.45. The van der Waals surface area contributed by atoms with Crippen LogP contribution in [0, 0.1) is 11.6 Å². The van der Waals surface area contributed by atoms with Crippen molar-refractivity contribution in [2.75, 3.05) is 19.7 Å². The third kappa shape index (κ3) is 4.60. The molecule has 31 heavy (non-hydrogen) atoms. The fourth-order valence-corrected chi connectivity index (χ4v) is 6.05. The maximum absolute atomic E-state index is 14.0. The number of hydrogen-bond acceptors (Lipinski definition) is 6. The number of hydrogen-bond donors (Lipinski definition) is 0. The Morgan fingerprint density at radius 3 is 2.45 bits per heavy atom. The summed E-state index contributed by atoms with van der Waals surface area (Å²) in [5.74, 6) is -0.655. The van der Waals surface area contributed by atoms with Gasteiger partial charge >= 0.3 is 0 Å². The Morgan fingerprint density at radius 1 is 1.10 bits per heavy atom. The molecule has 0 atom stereocenters. The van der Waals surface area contributed by atoms with Gasteiger partial charge in [0, 0.05) is 30.6 Å². The van der Waals surface area contributed by atoms with Crippen LogP contribution in [0.1, 0.15) is 30.7 Å². The minimum absolute atomic E-state index is 0.0431. The lowest BCUT2D eigenvalue weighted by atomic mass is 9.99. The summed E-state index contributed by atoms with van der Waals surface area (Å²) in [4.78, 5) is 0.236.